The number of rotatable bonds is 4. The van der Waals surface area contributed by atoms with Gasteiger partial charge in [0.2, 0.25) is 0 Å². The summed E-state index contributed by atoms with van der Waals surface area (Å²) in [5.41, 5.74) is 1.82. The molecule has 0 radical (unpaired) electrons. The van der Waals surface area contributed by atoms with Crippen LogP contribution in [0.4, 0.5) is 4.39 Å². The van der Waals surface area contributed by atoms with Gasteiger partial charge in [-0.1, -0.05) is 19.1 Å². The number of methoxy groups -OCH3 is 1. The van der Waals surface area contributed by atoms with E-state index in [-0.39, 0.29) is 17.7 Å². The van der Waals surface area contributed by atoms with Crippen LogP contribution < -0.4 is 0 Å². The van der Waals surface area contributed by atoms with E-state index in [2.05, 4.69) is 6.92 Å². The van der Waals surface area contributed by atoms with Gasteiger partial charge < -0.3 is 4.74 Å². The maximum absolute atomic E-state index is 13.2. The summed E-state index contributed by atoms with van der Waals surface area (Å²) in [7, 11) is 1.43. The fraction of sp³-hybridized carbons (Fsp3) is 0.533. The summed E-state index contributed by atoms with van der Waals surface area (Å²) in [4.78, 5) is 11.3. The number of benzene rings is 1. The van der Waals surface area contributed by atoms with Crippen LogP contribution in [0, 0.1) is 24.6 Å². The zero-order chi connectivity index (χ0) is 13.3. The molecule has 0 saturated heterocycles. The third-order valence-electron chi connectivity index (χ3n) is 3.83. The maximum Gasteiger partial charge on any atom is 0.308 e. The number of halogens is 1. The highest BCUT2D eigenvalue weighted by molar-refractivity contribution is 5.75. The number of hydrogen-bond acceptors (Lipinski definition) is 2. The Kier molecular flexibility index (Phi) is 3.69. The van der Waals surface area contributed by atoms with Crippen molar-refractivity contribution in [2.45, 2.75) is 32.6 Å². The SMILES string of the molecule is COC(=O)C1CC1CC(C)c1ccc(F)c(C)c1. The van der Waals surface area contributed by atoms with Crippen molar-refractivity contribution in [3.05, 3.63) is 35.1 Å². The van der Waals surface area contributed by atoms with Crippen molar-refractivity contribution < 1.29 is 13.9 Å². The summed E-state index contributed by atoms with van der Waals surface area (Å²) in [6.07, 6.45) is 1.89. The van der Waals surface area contributed by atoms with Crippen LogP contribution in [0.15, 0.2) is 18.2 Å². The van der Waals surface area contributed by atoms with Crippen LogP contribution in [-0.2, 0) is 9.53 Å². The van der Waals surface area contributed by atoms with Crippen LogP contribution in [0.5, 0.6) is 0 Å². The van der Waals surface area contributed by atoms with Gasteiger partial charge in [-0.05, 0) is 48.8 Å². The minimum Gasteiger partial charge on any atom is -0.469 e. The van der Waals surface area contributed by atoms with Gasteiger partial charge in [-0.2, -0.15) is 0 Å². The predicted molar refractivity (Wildman–Crippen MR) is 67.8 cm³/mol. The predicted octanol–water partition coefficient (Wildman–Crippen LogP) is 3.44. The molecule has 3 unspecified atom stereocenters. The lowest BCUT2D eigenvalue weighted by atomic mass is 9.93. The van der Waals surface area contributed by atoms with E-state index >= 15 is 0 Å². The van der Waals surface area contributed by atoms with E-state index in [4.69, 9.17) is 4.74 Å². The summed E-state index contributed by atoms with van der Waals surface area (Å²) in [5.74, 6) is 0.605. The van der Waals surface area contributed by atoms with Crippen molar-refractivity contribution in [2.24, 2.45) is 11.8 Å². The first kappa shape index (κ1) is 13.1. The van der Waals surface area contributed by atoms with Crippen molar-refractivity contribution in [3.8, 4) is 0 Å². The summed E-state index contributed by atoms with van der Waals surface area (Å²) in [5, 5.41) is 0. The molecule has 18 heavy (non-hydrogen) atoms. The first-order valence-electron chi connectivity index (χ1n) is 6.36. The van der Waals surface area contributed by atoms with Crippen LogP contribution in [0.2, 0.25) is 0 Å². The molecule has 0 spiro atoms. The van der Waals surface area contributed by atoms with E-state index < -0.39 is 0 Å². The van der Waals surface area contributed by atoms with Gasteiger partial charge in [0.05, 0.1) is 13.0 Å². The Morgan fingerprint density at radius 2 is 2.28 bits per heavy atom. The molecule has 1 aliphatic carbocycles. The topological polar surface area (TPSA) is 26.3 Å². The largest absolute Gasteiger partial charge is 0.469 e. The molecule has 2 nitrogen and oxygen atoms in total. The van der Waals surface area contributed by atoms with E-state index in [1.165, 1.54) is 13.2 Å². The van der Waals surface area contributed by atoms with Gasteiger partial charge in [0.15, 0.2) is 0 Å². The Balaban J connectivity index is 1.95. The molecule has 3 heteroatoms. The lowest BCUT2D eigenvalue weighted by Crippen LogP contribution is -2.06. The van der Waals surface area contributed by atoms with Crippen LogP contribution in [0.3, 0.4) is 0 Å². The van der Waals surface area contributed by atoms with Gasteiger partial charge >= 0.3 is 5.97 Å². The normalized spacial score (nSPS) is 23.6. The van der Waals surface area contributed by atoms with E-state index in [0.717, 1.165) is 18.4 Å². The number of ether oxygens (including phenoxy) is 1. The van der Waals surface area contributed by atoms with Crippen molar-refractivity contribution in [2.75, 3.05) is 7.11 Å². The second kappa shape index (κ2) is 5.09. The molecule has 0 aliphatic heterocycles. The molecule has 1 aromatic rings. The molecule has 2 rings (SSSR count). The van der Waals surface area contributed by atoms with Crippen LogP contribution >= 0.6 is 0 Å². The van der Waals surface area contributed by atoms with Crippen LogP contribution in [0.1, 0.15) is 36.8 Å². The molecule has 0 amide bonds. The molecule has 0 aromatic heterocycles. The number of aryl methyl sites for hydroxylation is 1. The fourth-order valence-electron chi connectivity index (χ4n) is 2.51. The quantitative estimate of drug-likeness (QED) is 0.765. The van der Waals surface area contributed by atoms with E-state index in [1.54, 1.807) is 6.92 Å². The second-order valence-electron chi connectivity index (χ2n) is 5.27. The van der Waals surface area contributed by atoms with Crippen molar-refractivity contribution in [1.82, 2.24) is 0 Å². The smallest absolute Gasteiger partial charge is 0.308 e. The minimum absolute atomic E-state index is 0.0824. The number of carbonyl (C=O) groups is 1. The molecular weight excluding hydrogens is 231 g/mol. The van der Waals surface area contributed by atoms with Gasteiger partial charge in [0, 0.05) is 0 Å². The first-order valence-corrected chi connectivity index (χ1v) is 6.36. The van der Waals surface area contributed by atoms with E-state index in [0.29, 0.717) is 17.4 Å². The average Bonchev–Trinajstić information content (AvgIpc) is 3.10. The first-order chi connectivity index (χ1) is 8.52. The molecule has 1 aliphatic rings. The number of esters is 1. The third kappa shape index (κ3) is 2.71. The molecule has 98 valence electrons. The Hall–Kier alpha value is -1.38. The molecule has 0 N–H and O–H groups in total. The highest BCUT2D eigenvalue weighted by Crippen LogP contribution is 2.45. The monoisotopic (exact) mass is 250 g/mol. The van der Waals surface area contributed by atoms with Crippen molar-refractivity contribution in [1.29, 1.82) is 0 Å². The molecule has 0 heterocycles. The second-order valence-corrected chi connectivity index (χ2v) is 5.27. The van der Waals surface area contributed by atoms with Gasteiger partial charge in [0.1, 0.15) is 5.82 Å². The zero-order valence-electron chi connectivity index (χ0n) is 11.1. The fourth-order valence-corrected chi connectivity index (χ4v) is 2.51. The highest BCUT2D eigenvalue weighted by atomic mass is 19.1. The standard InChI is InChI=1S/C15H19FO2/c1-9(6-12-8-13(12)15(17)18-3)11-4-5-14(16)10(2)7-11/h4-5,7,9,12-13H,6,8H2,1-3H3. The Morgan fingerprint density at radius 3 is 2.89 bits per heavy atom. The van der Waals surface area contributed by atoms with Crippen LogP contribution in [-0.4, -0.2) is 13.1 Å². The Morgan fingerprint density at radius 1 is 1.56 bits per heavy atom. The summed E-state index contributed by atoms with van der Waals surface area (Å²) in [6.45, 7) is 3.90. The molecular formula is C15H19FO2. The van der Waals surface area contributed by atoms with Crippen molar-refractivity contribution in [3.63, 3.8) is 0 Å². The van der Waals surface area contributed by atoms with Gasteiger partial charge in [-0.3, -0.25) is 4.79 Å². The van der Waals surface area contributed by atoms with Gasteiger partial charge in [-0.25, -0.2) is 4.39 Å². The van der Waals surface area contributed by atoms with E-state index in [9.17, 15) is 9.18 Å². The third-order valence-corrected chi connectivity index (χ3v) is 3.83. The molecule has 0 bridgehead atoms. The molecule has 1 aromatic carbocycles. The summed E-state index contributed by atoms with van der Waals surface area (Å²) >= 11 is 0. The van der Waals surface area contributed by atoms with Crippen LogP contribution in [0.25, 0.3) is 0 Å². The zero-order valence-corrected chi connectivity index (χ0v) is 11.1. The lowest BCUT2D eigenvalue weighted by Gasteiger charge is -2.12. The number of carbonyl (C=O) groups excluding carboxylic acids is 1. The maximum atomic E-state index is 13.2. The average molecular weight is 250 g/mol. The molecule has 1 fully saturated rings. The summed E-state index contributed by atoms with van der Waals surface area (Å²) in [6, 6.07) is 5.25. The minimum atomic E-state index is -0.162. The number of hydrogen-bond donors (Lipinski definition) is 0. The Bertz CT molecular complexity index is 456. The van der Waals surface area contributed by atoms with Gasteiger partial charge in [0.25, 0.3) is 0 Å². The highest BCUT2D eigenvalue weighted by Gasteiger charge is 2.44. The van der Waals surface area contributed by atoms with E-state index in [1.807, 2.05) is 12.1 Å². The van der Waals surface area contributed by atoms with Crippen molar-refractivity contribution >= 4 is 5.97 Å². The summed E-state index contributed by atoms with van der Waals surface area (Å²) < 4.78 is 17.9. The molecule has 3 atom stereocenters. The lowest BCUT2D eigenvalue weighted by molar-refractivity contribution is -0.142. The van der Waals surface area contributed by atoms with Gasteiger partial charge in [-0.15, -0.1) is 0 Å². The molecule has 1 saturated carbocycles. The Labute approximate surface area is 107 Å².